The Hall–Kier alpha value is -2.47. The Morgan fingerprint density at radius 3 is 2.44 bits per heavy atom. The maximum Gasteiger partial charge on any atom is 0.150 e. The van der Waals surface area contributed by atoms with Gasteiger partial charge in [-0.25, -0.2) is 0 Å². The number of nitrogens with two attached hydrogens (primary N) is 1. The summed E-state index contributed by atoms with van der Waals surface area (Å²) in [7, 11) is 0. The minimum atomic E-state index is 0.608. The number of anilines is 1. The smallest absolute Gasteiger partial charge is 0.150 e. The lowest BCUT2D eigenvalue weighted by Crippen LogP contribution is -1.93. The van der Waals surface area contributed by atoms with Gasteiger partial charge in [-0.1, -0.05) is 13.0 Å². The molecule has 18 heavy (non-hydrogen) atoms. The van der Waals surface area contributed by atoms with Crippen molar-refractivity contribution in [3.63, 3.8) is 0 Å². The van der Waals surface area contributed by atoms with Gasteiger partial charge in [0.25, 0.3) is 0 Å². The zero-order chi connectivity index (χ0) is 13.0. The van der Waals surface area contributed by atoms with Crippen LogP contribution in [0.15, 0.2) is 42.5 Å². The summed E-state index contributed by atoms with van der Waals surface area (Å²) in [4.78, 5) is 0. The van der Waals surface area contributed by atoms with E-state index in [9.17, 15) is 0 Å². The fourth-order valence-electron chi connectivity index (χ4n) is 1.64. The van der Waals surface area contributed by atoms with Gasteiger partial charge in [-0.3, -0.25) is 0 Å². The van der Waals surface area contributed by atoms with E-state index in [1.54, 1.807) is 24.3 Å². The zero-order valence-electron chi connectivity index (χ0n) is 10.2. The van der Waals surface area contributed by atoms with E-state index in [0.717, 1.165) is 6.42 Å². The molecule has 0 aliphatic rings. The van der Waals surface area contributed by atoms with Crippen LogP contribution in [-0.4, -0.2) is 0 Å². The van der Waals surface area contributed by atoms with Crippen molar-refractivity contribution in [2.75, 3.05) is 5.73 Å². The highest BCUT2D eigenvalue weighted by molar-refractivity contribution is 5.55. The summed E-state index contributed by atoms with van der Waals surface area (Å²) in [6.07, 6.45) is 0.946. The number of nitrogens with zero attached hydrogens (tertiary/aromatic N) is 1. The molecule has 2 aromatic carbocycles. The predicted octanol–water partition coefficient (Wildman–Crippen LogP) is 3.50. The van der Waals surface area contributed by atoms with Gasteiger partial charge in [0.05, 0.1) is 17.3 Å². The third-order valence-corrected chi connectivity index (χ3v) is 2.69. The average Bonchev–Trinajstić information content (AvgIpc) is 2.42. The highest BCUT2D eigenvalue weighted by Crippen LogP contribution is 2.28. The van der Waals surface area contributed by atoms with Crippen LogP contribution in [0.4, 0.5) is 5.69 Å². The molecule has 0 bridgehead atoms. The van der Waals surface area contributed by atoms with Crippen molar-refractivity contribution in [2.45, 2.75) is 13.3 Å². The number of nitrogen functional groups attached to an aromatic ring is 1. The maximum absolute atomic E-state index is 8.71. The van der Waals surface area contributed by atoms with E-state index in [4.69, 9.17) is 15.7 Å². The quantitative estimate of drug-likeness (QED) is 0.832. The standard InChI is InChI=1S/C15H14N2O/c1-2-11-5-8-15(14(17)9-11)18-13-6-3-12(10-16)4-7-13/h3-9H,2,17H2,1H3. The molecule has 0 amide bonds. The van der Waals surface area contributed by atoms with Crippen molar-refractivity contribution in [1.82, 2.24) is 0 Å². The third-order valence-electron chi connectivity index (χ3n) is 2.69. The molecule has 0 saturated carbocycles. The van der Waals surface area contributed by atoms with Crippen LogP contribution in [0.5, 0.6) is 11.5 Å². The first-order valence-corrected chi connectivity index (χ1v) is 5.79. The number of aryl methyl sites for hydroxylation is 1. The Bertz CT molecular complexity index is 582. The molecule has 0 aliphatic heterocycles. The molecule has 0 saturated heterocycles. The molecular formula is C15H14N2O. The van der Waals surface area contributed by atoms with Gasteiger partial charge < -0.3 is 10.5 Å². The SMILES string of the molecule is CCc1ccc(Oc2ccc(C#N)cc2)c(N)c1. The molecule has 0 aromatic heterocycles. The molecule has 0 radical (unpaired) electrons. The van der Waals surface area contributed by atoms with Gasteiger partial charge >= 0.3 is 0 Å². The summed E-state index contributed by atoms with van der Waals surface area (Å²) in [5.41, 5.74) is 8.34. The van der Waals surface area contributed by atoms with E-state index < -0.39 is 0 Å². The minimum absolute atomic E-state index is 0.608. The summed E-state index contributed by atoms with van der Waals surface area (Å²) >= 11 is 0. The first kappa shape index (κ1) is 12.0. The molecule has 2 N–H and O–H groups in total. The minimum Gasteiger partial charge on any atom is -0.455 e. The van der Waals surface area contributed by atoms with Crippen LogP contribution in [0.3, 0.4) is 0 Å². The Kier molecular flexibility index (Phi) is 3.49. The molecule has 2 aromatic rings. The molecule has 0 unspecified atom stereocenters. The second-order valence-corrected chi connectivity index (χ2v) is 3.96. The number of ether oxygens (including phenoxy) is 1. The molecule has 0 spiro atoms. The molecular weight excluding hydrogens is 224 g/mol. The average molecular weight is 238 g/mol. The highest BCUT2D eigenvalue weighted by atomic mass is 16.5. The van der Waals surface area contributed by atoms with Gasteiger partial charge in [-0.2, -0.15) is 5.26 Å². The molecule has 0 fully saturated rings. The van der Waals surface area contributed by atoms with E-state index in [-0.39, 0.29) is 0 Å². The fraction of sp³-hybridized carbons (Fsp3) is 0.133. The zero-order valence-corrected chi connectivity index (χ0v) is 10.2. The lowest BCUT2D eigenvalue weighted by atomic mass is 10.1. The number of nitriles is 1. The Morgan fingerprint density at radius 2 is 1.89 bits per heavy atom. The largest absolute Gasteiger partial charge is 0.455 e. The van der Waals surface area contributed by atoms with E-state index in [1.807, 2.05) is 18.2 Å². The monoisotopic (exact) mass is 238 g/mol. The number of hydrogen-bond acceptors (Lipinski definition) is 3. The predicted molar refractivity (Wildman–Crippen MR) is 71.5 cm³/mol. The van der Waals surface area contributed by atoms with Crippen LogP contribution in [-0.2, 0) is 6.42 Å². The van der Waals surface area contributed by atoms with Crippen molar-refractivity contribution in [1.29, 1.82) is 5.26 Å². The molecule has 3 heteroatoms. The van der Waals surface area contributed by atoms with Crippen molar-refractivity contribution >= 4 is 5.69 Å². The normalized spacial score (nSPS) is 9.78. The maximum atomic E-state index is 8.71. The molecule has 0 aliphatic carbocycles. The molecule has 90 valence electrons. The Labute approximate surface area is 106 Å². The number of rotatable bonds is 3. The van der Waals surface area contributed by atoms with E-state index >= 15 is 0 Å². The highest BCUT2D eigenvalue weighted by Gasteiger charge is 2.03. The summed E-state index contributed by atoms with van der Waals surface area (Å²) in [6.45, 7) is 2.08. The summed E-state index contributed by atoms with van der Waals surface area (Å²) in [6, 6.07) is 14.8. The van der Waals surface area contributed by atoms with Gasteiger partial charge in [0.1, 0.15) is 11.5 Å². The fourth-order valence-corrected chi connectivity index (χ4v) is 1.64. The number of hydrogen-bond donors (Lipinski definition) is 1. The van der Waals surface area contributed by atoms with Crippen LogP contribution in [0.1, 0.15) is 18.1 Å². The van der Waals surface area contributed by atoms with E-state index in [1.165, 1.54) is 5.56 Å². The van der Waals surface area contributed by atoms with Gasteiger partial charge in [-0.05, 0) is 48.4 Å². The molecule has 0 atom stereocenters. The van der Waals surface area contributed by atoms with E-state index in [2.05, 4.69) is 13.0 Å². The summed E-state index contributed by atoms with van der Waals surface area (Å²) < 4.78 is 5.67. The summed E-state index contributed by atoms with van der Waals surface area (Å²) in [5, 5.41) is 8.71. The molecule has 3 nitrogen and oxygen atoms in total. The van der Waals surface area contributed by atoms with Gasteiger partial charge in [0.2, 0.25) is 0 Å². The molecule has 0 heterocycles. The molecule has 2 rings (SSSR count). The summed E-state index contributed by atoms with van der Waals surface area (Å²) in [5.74, 6) is 1.31. The third kappa shape index (κ3) is 2.61. The van der Waals surface area contributed by atoms with Crippen LogP contribution in [0, 0.1) is 11.3 Å². The first-order chi connectivity index (χ1) is 8.72. The second-order valence-electron chi connectivity index (χ2n) is 3.96. The second kappa shape index (κ2) is 5.24. The Morgan fingerprint density at radius 1 is 1.17 bits per heavy atom. The van der Waals surface area contributed by atoms with Gasteiger partial charge in [0, 0.05) is 0 Å². The van der Waals surface area contributed by atoms with Crippen molar-refractivity contribution < 1.29 is 4.74 Å². The number of benzene rings is 2. The van der Waals surface area contributed by atoms with Gasteiger partial charge in [-0.15, -0.1) is 0 Å². The van der Waals surface area contributed by atoms with Crippen molar-refractivity contribution in [3.05, 3.63) is 53.6 Å². The lowest BCUT2D eigenvalue weighted by molar-refractivity contribution is 0.485. The van der Waals surface area contributed by atoms with Crippen molar-refractivity contribution in [3.8, 4) is 17.6 Å². The van der Waals surface area contributed by atoms with Crippen LogP contribution < -0.4 is 10.5 Å². The van der Waals surface area contributed by atoms with Crippen molar-refractivity contribution in [2.24, 2.45) is 0 Å². The Balaban J connectivity index is 2.20. The topological polar surface area (TPSA) is 59.0 Å². The lowest BCUT2D eigenvalue weighted by Gasteiger charge is -2.09. The van der Waals surface area contributed by atoms with Gasteiger partial charge in [0.15, 0.2) is 0 Å². The first-order valence-electron chi connectivity index (χ1n) is 5.79. The van der Waals surface area contributed by atoms with Crippen LogP contribution in [0.2, 0.25) is 0 Å². The van der Waals surface area contributed by atoms with Crippen LogP contribution >= 0.6 is 0 Å². The van der Waals surface area contributed by atoms with Crippen LogP contribution in [0.25, 0.3) is 0 Å². The van der Waals surface area contributed by atoms with E-state index in [0.29, 0.717) is 22.7 Å².